The van der Waals surface area contributed by atoms with Gasteiger partial charge in [0.15, 0.2) is 0 Å². The first-order valence-corrected chi connectivity index (χ1v) is 4.14. The molecule has 0 aromatic carbocycles. The van der Waals surface area contributed by atoms with Crippen LogP contribution < -0.4 is 10.6 Å². The van der Waals surface area contributed by atoms with E-state index in [2.05, 4.69) is 4.98 Å². The van der Waals surface area contributed by atoms with Gasteiger partial charge in [0, 0.05) is 26.9 Å². The number of ether oxygens (including phenoxy) is 1. The number of aromatic nitrogens is 1. The second-order valence-electron chi connectivity index (χ2n) is 2.89. The van der Waals surface area contributed by atoms with Gasteiger partial charge in [-0.15, -0.1) is 0 Å². The van der Waals surface area contributed by atoms with Crippen molar-refractivity contribution in [3.8, 4) is 0 Å². The van der Waals surface area contributed by atoms with Crippen molar-refractivity contribution in [3.05, 3.63) is 18.5 Å². The zero-order valence-electron chi connectivity index (χ0n) is 8.03. The summed E-state index contributed by atoms with van der Waals surface area (Å²) in [5, 5.41) is 0. The number of pyridine rings is 1. The van der Waals surface area contributed by atoms with Crippen molar-refractivity contribution in [3.63, 3.8) is 0 Å². The van der Waals surface area contributed by atoms with Crippen molar-refractivity contribution in [1.82, 2.24) is 4.98 Å². The summed E-state index contributed by atoms with van der Waals surface area (Å²) in [7, 11) is 3.67. The topological polar surface area (TPSA) is 51.4 Å². The van der Waals surface area contributed by atoms with Crippen molar-refractivity contribution in [1.29, 1.82) is 0 Å². The number of nitrogens with zero attached hydrogens (tertiary/aromatic N) is 2. The zero-order valence-corrected chi connectivity index (χ0v) is 8.03. The van der Waals surface area contributed by atoms with E-state index in [-0.39, 0.29) is 0 Å². The third kappa shape index (κ3) is 2.91. The van der Waals surface area contributed by atoms with Crippen LogP contribution in [-0.4, -0.2) is 32.3 Å². The maximum Gasteiger partial charge on any atom is 0.0637 e. The third-order valence-corrected chi connectivity index (χ3v) is 1.82. The summed E-state index contributed by atoms with van der Waals surface area (Å²) in [4.78, 5) is 6.05. The van der Waals surface area contributed by atoms with Gasteiger partial charge < -0.3 is 15.4 Å². The highest BCUT2D eigenvalue weighted by molar-refractivity contribution is 5.52. The minimum Gasteiger partial charge on any atom is -0.397 e. The van der Waals surface area contributed by atoms with Gasteiger partial charge in [0.2, 0.25) is 0 Å². The molecule has 4 nitrogen and oxygen atoms in total. The Balaban J connectivity index is 2.60. The molecule has 4 heteroatoms. The van der Waals surface area contributed by atoms with Crippen LogP contribution in [0.5, 0.6) is 0 Å². The summed E-state index contributed by atoms with van der Waals surface area (Å²) in [6, 6.07) is 1.89. The van der Waals surface area contributed by atoms with Crippen molar-refractivity contribution in [2.24, 2.45) is 0 Å². The Kier molecular flexibility index (Phi) is 3.52. The minimum absolute atomic E-state index is 0.682. The average molecular weight is 181 g/mol. The Hall–Kier alpha value is -1.29. The highest BCUT2D eigenvalue weighted by Gasteiger charge is 2.00. The highest BCUT2D eigenvalue weighted by Crippen LogP contribution is 2.13. The Morgan fingerprint density at radius 2 is 2.31 bits per heavy atom. The lowest BCUT2D eigenvalue weighted by molar-refractivity contribution is 0.206. The Morgan fingerprint density at radius 3 is 2.92 bits per heavy atom. The van der Waals surface area contributed by atoms with Crippen molar-refractivity contribution in [2.45, 2.75) is 0 Å². The Labute approximate surface area is 78.3 Å². The van der Waals surface area contributed by atoms with Gasteiger partial charge in [-0.25, -0.2) is 0 Å². The van der Waals surface area contributed by atoms with Crippen LogP contribution in [0.15, 0.2) is 18.5 Å². The number of nitrogen functional groups attached to an aromatic ring is 1. The van der Waals surface area contributed by atoms with Crippen molar-refractivity contribution in [2.75, 3.05) is 37.9 Å². The van der Waals surface area contributed by atoms with E-state index in [4.69, 9.17) is 10.5 Å². The summed E-state index contributed by atoms with van der Waals surface area (Å²) in [6.45, 7) is 1.53. The van der Waals surface area contributed by atoms with Crippen LogP contribution >= 0.6 is 0 Å². The van der Waals surface area contributed by atoms with E-state index in [1.807, 2.05) is 18.0 Å². The van der Waals surface area contributed by atoms with Gasteiger partial charge in [-0.2, -0.15) is 0 Å². The van der Waals surface area contributed by atoms with Crippen LogP contribution in [-0.2, 0) is 4.74 Å². The molecule has 0 amide bonds. The fourth-order valence-electron chi connectivity index (χ4n) is 1.01. The van der Waals surface area contributed by atoms with Gasteiger partial charge in [-0.1, -0.05) is 0 Å². The molecule has 0 saturated heterocycles. The first-order valence-electron chi connectivity index (χ1n) is 4.14. The molecular weight excluding hydrogens is 166 g/mol. The monoisotopic (exact) mass is 181 g/mol. The predicted molar refractivity (Wildman–Crippen MR) is 53.8 cm³/mol. The lowest BCUT2D eigenvalue weighted by atomic mass is 10.3. The molecule has 0 aliphatic carbocycles. The number of anilines is 2. The molecule has 72 valence electrons. The maximum absolute atomic E-state index is 5.60. The molecule has 0 radical (unpaired) electrons. The smallest absolute Gasteiger partial charge is 0.0637 e. The summed E-state index contributed by atoms with van der Waals surface area (Å²) >= 11 is 0. The molecule has 1 rings (SSSR count). The molecule has 0 atom stereocenters. The first kappa shape index (κ1) is 9.80. The molecule has 0 saturated carbocycles. The van der Waals surface area contributed by atoms with Crippen LogP contribution in [0.4, 0.5) is 11.4 Å². The summed E-state index contributed by atoms with van der Waals surface area (Å²) in [5.74, 6) is 0. The third-order valence-electron chi connectivity index (χ3n) is 1.82. The molecule has 0 fully saturated rings. The highest BCUT2D eigenvalue weighted by atomic mass is 16.5. The second-order valence-corrected chi connectivity index (χ2v) is 2.89. The number of hydrogen-bond donors (Lipinski definition) is 1. The normalized spacial score (nSPS) is 10.0. The van der Waals surface area contributed by atoms with E-state index in [9.17, 15) is 0 Å². The molecule has 1 aromatic heterocycles. The summed E-state index contributed by atoms with van der Waals surface area (Å²) < 4.78 is 4.97. The standard InChI is InChI=1S/C9H15N3O/c1-12(3-4-13-2)9-5-8(10)6-11-7-9/h5-7H,3-4,10H2,1-2H3. The van der Waals surface area contributed by atoms with E-state index in [1.165, 1.54) is 0 Å². The summed E-state index contributed by atoms with van der Waals surface area (Å²) in [5.41, 5.74) is 7.30. The average Bonchev–Trinajstić information content (AvgIpc) is 2.14. The lowest BCUT2D eigenvalue weighted by Crippen LogP contribution is -2.22. The van der Waals surface area contributed by atoms with Crippen LogP contribution in [0, 0.1) is 0 Å². The molecule has 13 heavy (non-hydrogen) atoms. The lowest BCUT2D eigenvalue weighted by Gasteiger charge is -2.18. The first-order chi connectivity index (χ1) is 6.24. The number of hydrogen-bond acceptors (Lipinski definition) is 4. The van der Waals surface area contributed by atoms with Crippen molar-refractivity contribution >= 4 is 11.4 Å². The quantitative estimate of drug-likeness (QED) is 0.744. The second kappa shape index (κ2) is 4.67. The minimum atomic E-state index is 0.682. The number of rotatable bonds is 4. The molecule has 0 unspecified atom stereocenters. The van der Waals surface area contributed by atoms with Gasteiger partial charge in [0.25, 0.3) is 0 Å². The van der Waals surface area contributed by atoms with Crippen molar-refractivity contribution < 1.29 is 4.74 Å². The largest absolute Gasteiger partial charge is 0.397 e. The number of methoxy groups -OCH3 is 1. The van der Waals surface area contributed by atoms with Gasteiger partial charge in [-0.05, 0) is 6.07 Å². The molecule has 0 spiro atoms. The van der Waals surface area contributed by atoms with E-state index >= 15 is 0 Å². The Bertz CT molecular complexity index is 265. The van der Waals surface area contributed by atoms with E-state index in [0.29, 0.717) is 12.3 Å². The molecule has 0 bridgehead atoms. The fraction of sp³-hybridized carbons (Fsp3) is 0.444. The van der Waals surface area contributed by atoms with Gasteiger partial charge in [0.05, 0.1) is 24.2 Å². The fourth-order valence-corrected chi connectivity index (χ4v) is 1.01. The number of nitrogens with two attached hydrogens (primary N) is 1. The van der Waals surface area contributed by atoms with E-state index < -0.39 is 0 Å². The molecule has 0 aliphatic heterocycles. The zero-order chi connectivity index (χ0) is 9.68. The molecule has 0 aliphatic rings. The van der Waals surface area contributed by atoms with E-state index in [1.54, 1.807) is 19.5 Å². The van der Waals surface area contributed by atoms with Gasteiger partial charge >= 0.3 is 0 Å². The molecule has 2 N–H and O–H groups in total. The van der Waals surface area contributed by atoms with Gasteiger partial charge in [0.1, 0.15) is 0 Å². The molecule has 1 heterocycles. The predicted octanol–water partition coefficient (Wildman–Crippen LogP) is 0.746. The summed E-state index contributed by atoms with van der Waals surface area (Å²) in [6.07, 6.45) is 3.42. The Morgan fingerprint density at radius 1 is 1.54 bits per heavy atom. The molecule has 1 aromatic rings. The van der Waals surface area contributed by atoms with Crippen LogP contribution in [0.3, 0.4) is 0 Å². The number of likely N-dealkylation sites (N-methyl/N-ethyl adjacent to an activating group) is 1. The van der Waals surface area contributed by atoms with Crippen LogP contribution in [0.2, 0.25) is 0 Å². The molecular formula is C9H15N3O. The van der Waals surface area contributed by atoms with Gasteiger partial charge in [-0.3, -0.25) is 4.98 Å². The SMILES string of the molecule is COCCN(C)c1cncc(N)c1. The van der Waals surface area contributed by atoms with Crippen LogP contribution in [0.25, 0.3) is 0 Å². The van der Waals surface area contributed by atoms with E-state index in [0.717, 1.165) is 12.2 Å². The van der Waals surface area contributed by atoms with Crippen LogP contribution in [0.1, 0.15) is 0 Å². The maximum atomic E-state index is 5.60.